The van der Waals surface area contributed by atoms with Crippen LogP contribution in [-0.4, -0.2) is 24.9 Å². The average Bonchev–Trinajstić information content (AvgIpc) is 2.29. The van der Waals surface area contributed by atoms with Gasteiger partial charge in [0.15, 0.2) is 0 Å². The Labute approximate surface area is 91.1 Å². The Balaban J connectivity index is 2.61. The molecule has 0 spiro atoms. The van der Waals surface area contributed by atoms with Crippen LogP contribution in [0.4, 0.5) is 0 Å². The van der Waals surface area contributed by atoms with Gasteiger partial charge in [0.2, 0.25) is 0 Å². The fourth-order valence-corrected chi connectivity index (χ4v) is 1.47. The highest BCUT2D eigenvalue weighted by molar-refractivity contribution is 5.28. The number of rotatable bonds is 5. The number of hydrogen-bond acceptors (Lipinski definition) is 3. The van der Waals surface area contributed by atoms with Crippen molar-refractivity contribution in [2.75, 3.05) is 13.7 Å². The Morgan fingerprint density at radius 1 is 1.27 bits per heavy atom. The zero-order chi connectivity index (χ0) is 11.3. The lowest BCUT2D eigenvalue weighted by molar-refractivity contribution is 0.243. The van der Waals surface area contributed by atoms with E-state index in [1.807, 2.05) is 31.2 Å². The van der Waals surface area contributed by atoms with Crippen molar-refractivity contribution in [3.05, 3.63) is 29.8 Å². The van der Waals surface area contributed by atoms with E-state index in [0.29, 0.717) is 0 Å². The minimum Gasteiger partial charge on any atom is -0.497 e. The summed E-state index contributed by atoms with van der Waals surface area (Å²) in [6, 6.07) is 8.29. The van der Waals surface area contributed by atoms with Gasteiger partial charge in [-0.3, -0.25) is 0 Å². The molecule has 3 nitrogen and oxygen atoms in total. The third-order valence-corrected chi connectivity index (χ3v) is 2.42. The molecule has 0 bridgehead atoms. The summed E-state index contributed by atoms with van der Waals surface area (Å²) in [5, 5.41) is 12.2. The molecule has 84 valence electrons. The highest BCUT2D eigenvalue weighted by Gasteiger charge is 2.08. The number of hydrogen-bond donors (Lipinski definition) is 2. The lowest BCUT2D eigenvalue weighted by Gasteiger charge is -2.18. The Morgan fingerprint density at radius 3 is 2.33 bits per heavy atom. The van der Waals surface area contributed by atoms with Crippen molar-refractivity contribution in [2.24, 2.45) is 0 Å². The third kappa shape index (κ3) is 3.53. The topological polar surface area (TPSA) is 41.5 Å². The Morgan fingerprint density at radius 2 is 1.87 bits per heavy atom. The summed E-state index contributed by atoms with van der Waals surface area (Å²) in [5.41, 5.74) is 1.19. The summed E-state index contributed by atoms with van der Waals surface area (Å²) < 4.78 is 5.09. The normalized spacial score (nSPS) is 14.7. The van der Waals surface area contributed by atoms with Crippen molar-refractivity contribution >= 4 is 0 Å². The monoisotopic (exact) mass is 209 g/mol. The molecule has 1 aromatic rings. The van der Waals surface area contributed by atoms with Crippen LogP contribution in [0.5, 0.6) is 5.75 Å². The first kappa shape index (κ1) is 12.0. The van der Waals surface area contributed by atoms with E-state index in [4.69, 9.17) is 9.84 Å². The van der Waals surface area contributed by atoms with Gasteiger partial charge in [0, 0.05) is 12.1 Å². The molecular formula is C12H19NO2. The van der Waals surface area contributed by atoms with Gasteiger partial charge in [0.1, 0.15) is 5.75 Å². The van der Waals surface area contributed by atoms with Crippen LogP contribution in [0.15, 0.2) is 24.3 Å². The molecule has 1 aromatic carbocycles. The van der Waals surface area contributed by atoms with Crippen molar-refractivity contribution in [2.45, 2.75) is 25.9 Å². The van der Waals surface area contributed by atoms with Crippen LogP contribution in [0.25, 0.3) is 0 Å². The second-order valence-electron chi connectivity index (χ2n) is 3.75. The molecule has 0 aliphatic heterocycles. The molecule has 0 amide bonds. The molecule has 1 rings (SSSR count). The number of methoxy groups -OCH3 is 1. The summed E-state index contributed by atoms with van der Waals surface area (Å²) in [4.78, 5) is 0. The Kier molecular flexibility index (Phi) is 4.59. The van der Waals surface area contributed by atoms with E-state index in [2.05, 4.69) is 12.2 Å². The van der Waals surface area contributed by atoms with Gasteiger partial charge in [-0.1, -0.05) is 12.1 Å². The standard InChI is InChI=1S/C12H19NO2/c1-9(8-14)13-10(2)11-4-6-12(15-3)7-5-11/h4-7,9-10,13-14H,8H2,1-3H3/t9-,10?/m1/s1. The molecule has 0 radical (unpaired) electrons. The van der Waals surface area contributed by atoms with Gasteiger partial charge < -0.3 is 15.2 Å². The zero-order valence-electron chi connectivity index (χ0n) is 9.53. The summed E-state index contributed by atoms with van der Waals surface area (Å²) in [5.74, 6) is 0.862. The van der Waals surface area contributed by atoms with Crippen LogP contribution < -0.4 is 10.1 Å². The SMILES string of the molecule is COc1ccc(C(C)N[C@H](C)CO)cc1. The second kappa shape index (κ2) is 5.73. The zero-order valence-corrected chi connectivity index (χ0v) is 9.53. The molecule has 0 fully saturated rings. The van der Waals surface area contributed by atoms with E-state index in [-0.39, 0.29) is 18.7 Å². The van der Waals surface area contributed by atoms with Crippen LogP contribution in [0.1, 0.15) is 25.5 Å². The first-order chi connectivity index (χ1) is 7.17. The predicted octanol–water partition coefficient (Wildman–Crippen LogP) is 1.73. The van der Waals surface area contributed by atoms with Crippen molar-refractivity contribution in [1.29, 1.82) is 0 Å². The highest BCUT2D eigenvalue weighted by atomic mass is 16.5. The van der Waals surface area contributed by atoms with Gasteiger partial charge >= 0.3 is 0 Å². The molecule has 0 aliphatic rings. The Hall–Kier alpha value is -1.06. The number of ether oxygens (including phenoxy) is 1. The Bertz CT molecular complexity index is 284. The van der Waals surface area contributed by atoms with Gasteiger partial charge in [-0.05, 0) is 31.5 Å². The maximum Gasteiger partial charge on any atom is 0.118 e. The summed E-state index contributed by atoms with van der Waals surface area (Å²) in [7, 11) is 1.66. The molecule has 0 saturated carbocycles. The third-order valence-electron chi connectivity index (χ3n) is 2.42. The molecule has 3 heteroatoms. The first-order valence-corrected chi connectivity index (χ1v) is 5.18. The lowest BCUT2D eigenvalue weighted by atomic mass is 10.1. The molecule has 0 heterocycles. The van der Waals surface area contributed by atoms with Crippen LogP contribution in [0.2, 0.25) is 0 Å². The van der Waals surface area contributed by atoms with Crippen molar-refractivity contribution in [3.63, 3.8) is 0 Å². The van der Waals surface area contributed by atoms with Gasteiger partial charge in [-0.2, -0.15) is 0 Å². The summed E-state index contributed by atoms with van der Waals surface area (Å²) >= 11 is 0. The van der Waals surface area contributed by atoms with Gasteiger partial charge in [0.25, 0.3) is 0 Å². The summed E-state index contributed by atoms with van der Waals surface area (Å²) in [6.07, 6.45) is 0. The van der Waals surface area contributed by atoms with E-state index >= 15 is 0 Å². The second-order valence-corrected chi connectivity index (χ2v) is 3.75. The molecule has 2 N–H and O–H groups in total. The molecule has 0 aromatic heterocycles. The van der Waals surface area contributed by atoms with E-state index < -0.39 is 0 Å². The fraction of sp³-hybridized carbons (Fsp3) is 0.500. The first-order valence-electron chi connectivity index (χ1n) is 5.18. The van der Waals surface area contributed by atoms with E-state index in [9.17, 15) is 0 Å². The largest absolute Gasteiger partial charge is 0.497 e. The maximum atomic E-state index is 8.93. The van der Waals surface area contributed by atoms with E-state index in [1.165, 1.54) is 5.56 Å². The minimum absolute atomic E-state index is 0.113. The quantitative estimate of drug-likeness (QED) is 0.776. The van der Waals surface area contributed by atoms with Gasteiger partial charge in [-0.15, -0.1) is 0 Å². The van der Waals surface area contributed by atoms with Crippen LogP contribution in [-0.2, 0) is 0 Å². The number of aliphatic hydroxyl groups excluding tert-OH is 1. The van der Waals surface area contributed by atoms with Crippen molar-refractivity contribution in [3.8, 4) is 5.75 Å². The molecule has 2 atom stereocenters. The van der Waals surface area contributed by atoms with Crippen molar-refractivity contribution < 1.29 is 9.84 Å². The fourth-order valence-electron chi connectivity index (χ4n) is 1.47. The molecular weight excluding hydrogens is 190 g/mol. The summed E-state index contributed by atoms with van der Waals surface area (Å²) in [6.45, 7) is 4.19. The number of aliphatic hydroxyl groups is 1. The predicted molar refractivity (Wildman–Crippen MR) is 61.1 cm³/mol. The number of nitrogens with one attached hydrogen (secondary N) is 1. The molecule has 0 saturated heterocycles. The van der Waals surface area contributed by atoms with Crippen LogP contribution in [0, 0.1) is 0 Å². The molecule has 0 aliphatic carbocycles. The highest BCUT2D eigenvalue weighted by Crippen LogP contribution is 2.17. The van der Waals surface area contributed by atoms with Crippen molar-refractivity contribution in [1.82, 2.24) is 5.32 Å². The van der Waals surface area contributed by atoms with E-state index in [0.717, 1.165) is 5.75 Å². The number of benzene rings is 1. The lowest BCUT2D eigenvalue weighted by Crippen LogP contribution is -2.31. The van der Waals surface area contributed by atoms with Gasteiger partial charge in [-0.25, -0.2) is 0 Å². The smallest absolute Gasteiger partial charge is 0.118 e. The van der Waals surface area contributed by atoms with Gasteiger partial charge in [0.05, 0.1) is 13.7 Å². The van der Waals surface area contributed by atoms with E-state index in [1.54, 1.807) is 7.11 Å². The molecule has 15 heavy (non-hydrogen) atoms. The minimum atomic E-state index is 0.113. The van der Waals surface area contributed by atoms with Crippen LogP contribution >= 0.6 is 0 Å². The average molecular weight is 209 g/mol. The molecule has 1 unspecified atom stereocenters. The van der Waals surface area contributed by atoms with Crippen LogP contribution in [0.3, 0.4) is 0 Å². The maximum absolute atomic E-state index is 8.93.